The molecular formula is C24H22N2O9. The lowest BCUT2D eigenvalue weighted by molar-refractivity contribution is -0.384. The number of carbonyl (C=O) groups is 2. The molecule has 1 N–H and O–H groups in total. The summed E-state index contributed by atoms with van der Waals surface area (Å²) in [6, 6.07) is 16.9. The van der Waals surface area contributed by atoms with Crippen LogP contribution in [0.25, 0.3) is 0 Å². The van der Waals surface area contributed by atoms with E-state index in [1.54, 1.807) is 48.5 Å². The normalized spacial score (nSPS) is 10.1. The van der Waals surface area contributed by atoms with Gasteiger partial charge in [-0.15, -0.1) is 0 Å². The second kappa shape index (κ2) is 11.9. The van der Waals surface area contributed by atoms with E-state index < -0.39 is 29.1 Å². The molecule has 0 bridgehead atoms. The monoisotopic (exact) mass is 482 g/mol. The van der Waals surface area contributed by atoms with Crippen LogP contribution in [0, 0.1) is 10.1 Å². The van der Waals surface area contributed by atoms with Crippen molar-refractivity contribution in [1.29, 1.82) is 0 Å². The van der Waals surface area contributed by atoms with E-state index in [2.05, 4.69) is 5.32 Å². The van der Waals surface area contributed by atoms with E-state index in [1.165, 1.54) is 26.4 Å². The number of ether oxygens (including phenoxy) is 5. The summed E-state index contributed by atoms with van der Waals surface area (Å²) >= 11 is 0. The van der Waals surface area contributed by atoms with E-state index in [9.17, 15) is 19.7 Å². The number of methoxy groups -OCH3 is 2. The van der Waals surface area contributed by atoms with E-state index in [0.29, 0.717) is 23.0 Å². The van der Waals surface area contributed by atoms with Gasteiger partial charge < -0.3 is 29.0 Å². The largest absolute Gasteiger partial charge is 0.497 e. The Labute approximate surface area is 200 Å². The number of nitrogens with one attached hydrogen (secondary N) is 1. The van der Waals surface area contributed by atoms with E-state index in [1.807, 2.05) is 0 Å². The molecule has 0 aliphatic heterocycles. The lowest BCUT2D eigenvalue weighted by atomic mass is 10.2. The van der Waals surface area contributed by atoms with Crippen LogP contribution in [0.2, 0.25) is 0 Å². The molecule has 3 rings (SSSR count). The van der Waals surface area contributed by atoms with Gasteiger partial charge in [0, 0.05) is 12.1 Å². The van der Waals surface area contributed by atoms with Crippen molar-refractivity contribution in [3.05, 3.63) is 76.8 Å². The highest BCUT2D eigenvalue weighted by molar-refractivity contribution is 5.94. The molecule has 0 aliphatic carbocycles. The molecule has 0 aliphatic rings. The van der Waals surface area contributed by atoms with Crippen LogP contribution in [0.4, 0.5) is 11.4 Å². The summed E-state index contributed by atoms with van der Waals surface area (Å²) in [6.45, 7) is -0.816. The van der Waals surface area contributed by atoms with Gasteiger partial charge in [-0.05, 0) is 36.4 Å². The molecule has 0 radical (unpaired) electrons. The number of carbonyl (C=O) groups excluding carboxylic acids is 2. The molecule has 11 heteroatoms. The van der Waals surface area contributed by atoms with Crippen molar-refractivity contribution in [2.75, 3.05) is 32.8 Å². The van der Waals surface area contributed by atoms with Crippen LogP contribution in [0.15, 0.2) is 66.7 Å². The number of nitro groups is 1. The van der Waals surface area contributed by atoms with Crippen molar-refractivity contribution in [2.24, 2.45) is 0 Å². The molecule has 0 heterocycles. The van der Waals surface area contributed by atoms with Gasteiger partial charge >= 0.3 is 5.97 Å². The highest BCUT2D eigenvalue weighted by atomic mass is 16.6. The Hall–Kier alpha value is -4.80. The Kier molecular flexibility index (Phi) is 8.43. The van der Waals surface area contributed by atoms with Gasteiger partial charge in [0.15, 0.2) is 13.2 Å². The third-order valence-corrected chi connectivity index (χ3v) is 4.48. The maximum absolute atomic E-state index is 12.2. The topological polar surface area (TPSA) is 135 Å². The minimum atomic E-state index is -0.773. The standard InChI is InChI=1S/C24H22N2O9/c1-31-16-5-3-7-18(11-16)33-14-23(27)25-21-10-9-20(13-22(21)26(29)30)35-24(28)15-34-19-8-4-6-17(12-19)32-2/h3-13H,14-15H2,1-2H3,(H,25,27). The molecule has 182 valence electrons. The van der Waals surface area contributed by atoms with E-state index in [4.69, 9.17) is 23.7 Å². The zero-order valence-corrected chi connectivity index (χ0v) is 18.9. The minimum Gasteiger partial charge on any atom is -0.497 e. The van der Waals surface area contributed by atoms with Crippen molar-refractivity contribution in [3.63, 3.8) is 0 Å². The number of hydrogen-bond acceptors (Lipinski definition) is 9. The third kappa shape index (κ3) is 7.35. The van der Waals surface area contributed by atoms with Crippen LogP contribution < -0.4 is 29.0 Å². The fourth-order valence-electron chi connectivity index (χ4n) is 2.85. The van der Waals surface area contributed by atoms with Crippen molar-refractivity contribution in [2.45, 2.75) is 0 Å². The molecule has 0 spiro atoms. The third-order valence-electron chi connectivity index (χ3n) is 4.48. The van der Waals surface area contributed by atoms with Gasteiger partial charge in [0.05, 0.1) is 25.2 Å². The Morgan fingerprint density at radius 3 is 1.94 bits per heavy atom. The minimum absolute atomic E-state index is 0.0818. The first kappa shape index (κ1) is 24.8. The number of rotatable bonds is 11. The number of anilines is 1. The molecule has 11 nitrogen and oxygen atoms in total. The Bertz CT molecular complexity index is 1210. The van der Waals surface area contributed by atoms with Crippen molar-refractivity contribution in [3.8, 4) is 28.7 Å². The highest BCUT2D eigenvalue weighted by Crippen LogP contribution is 2.29. The van der Waals surface area contributed by atoms with Gasteiger partial charge in [-0.3, -0.25) is 14.9 Å². The molecule has 0 aromatic heterocycles. The van der Waals surface area contributed by atoms with Crippen LogP contribution >= 0.6 is 0 Å². The Morgan fingerprint density at radius 1 is 0.800 bits per heavy atom. The van der Waals surface area contributed by atoms with Crippen molar-refractivity contribution >= 4 is 23.3 Å². The first-order valence-corrected chi connectivity index (χ1v) is 10.2. The predicted molar refractivity (Wildman–Crippen MR) is 124 cm³/mol. The van der Waals surface area contributed by atoms with Gasteiger partial charge in [0.2, 0.25) is 0 Å². The van der Waals surface area contributed by atoms with Crippen LogP contribution in [-0.4, -0.2) is 44.2 Å². The van der Waals surface area contributed by atoms with E-state index >= 15 is 0 Å². The quantitative estimate of drug-likeness (QED) is 0.188. The molecule has 3 aromatic carbocycles. The fourth-order valence-corrected chi connectivity index (χ4v) is 2.85. The summed E-state index contributed by atoms with van der Waals surface area (Å²) in [6.07, 6.45) is 0. The summed E-state index contributed by atoms with van der Waals surface area (Å²) in [7, 11) is 3.00. The van der Waals surface area contributed by atoms with Crippen molar-refractivity contribution in [1.82, 2.24) is 0 Å². The van der Waals surface area contributed by atoms with Gasteiger partial charge in [-0.2, -0.15) is 0 Å². The van der Waals surface area contributed by atoms with Crippen LogP contribution in [-0.2, 0) is 9.59 Å². The SMILES string of the molecule is COc1cccc(OCC(=O)Nc2ccc(OC(=O)COc3cccc(OC)c3)cc2[N+](=O)[O-])c1. The number of nitro benzene ring substituents is 1. The molecule has 0 saturated carbocycles. The fraction of sp³-hybridized carbons (Fsp3) is 0.167. The number of esters is 1. The maximum atomic E-state index is 12.2. The molecular weight excluding hydrogens is 460 g/mol. The zero-order valence-electron chi connectivity index (χ0n) is 18.9. The highest BCUT2D eigenvalue weighted by Gasteiger charge is 2.19. The van der Waals surface area contributed by atoms with Crippen molar-refractivity contribution < 1.29 is 38.2 Å². The van der Waals surface area contributed by atoms with E-state index in [-0.39, 0.29) is 18.0 Å². The Balaban J connectivity index is 1.58. The number of amides is 1. The summed E-state index contributed by atoms with van der Waals surface area (Å²) in [4.78, 5) is 35.1. The van der Waals surface area contributed by atoms with Gasteiger partial charge in [-0.1, -0.05) is 12.1 Å². The maximum Gasteiger partial charge on any atom is 0.349 e. The first-order valence-electron chi connectivity index (χ1n) is 10.2. The molecule has 0 fully saturated rings. The smallest absolute Gasteiger partial charge is 0.349 e. The molecule has 0 atom stereocenters. The average Bonchev–Trinajstić information content (AvgIpc) is 2.87. The molecule has 1 amide bonds. The van der Waals surface area contributed by atoms with Gasteiger partial charge in [-0.25, -0.2) is 4.79 Å². The second-order valence-electron chi connectivity index (χ2n) is 6.89. The molecule has 3 aromatic rings. The summed E-state index contributed by atoms with van der Waals surface area (Å²) in [5.41, 5.74) is -0.541. The summed E-state index contributed by atoms with van der Waals surface area (Å²) < 4.78 is 26.0. The number of hydrogen-bond donors (Lipinski definition) is 1. The number of nitrogens with zero attached hydrogens (tertiary/aromatic N) is 1. The lowest BCUT2D eigenvalue weighted by Gasteiger charge is -2.10. The molecule has 0 unspecified atom stereocenters. The second-order valence-corrected chi connectivity index (χ2v) is 6.89. The number of benzene rings is 3. The van der Waals surface area contributed by atoms with Crippen LogP contribution in [0.1, 0.15) is 0 Å². The summed E-state index contributed by atoms with van der Waals surface area (Å²) in [5, 5.41) is 13.9. The first-order chi connectivity index (χ1) is 16.9. The van der Waals surface area contributed by atoms with Gasteiger partial charge in [0.25, 0.3) is 11.6 Å². The Morgan fingerprint density at radius 2 is 1.37 bits per heavy atom. The average molecular weight is 482 g/mol. The molecule has 35 heavy (non-hydrogen) atoms. The zero-order chi connectivity index (χ0) is 25.2. The molecule has 0 saturated heterocycles. The van der Waals surface area contributed by atoms with Crippen LogP contribution in [0.5, 0.6) is 28.7 Å². The predicted octanol–water partition coefficient (Wildman–Crippen LogP) is 3.61. The summed E-state index contributed by atoms with van der Waals surface area (Å²) in [5.74, 6) is 0.420. The van der Waals surface area contributed by atoms with E-state index in [0.717, 1.165) is 6.07 Å². The van der Waals surface area contributed by atoms with Crippen LogP contribution in [0.3, 0.4) is 0 Å². The van der Waals surface area contributed by atoms with Gasteiger partial charge in [0.1, 0.15) is 34.4 Å². The lowest BCUT2D eigenvalue weighted by Crippen LogP contribution is -2.21.